The molecule has 1 N–H and O–H groups in total. The van der Waals surface area contributed by atoms with Crippen molar-refractivity contribution in [1.29, 1.82) is 0 Å². The lowest BCUT2D eigenvalue weighted by Crippen LogP contribution is -2.48. The van der Waals surface area contributed by atoms with Crippen LogP contribution in [0.3, 0.4) is 0 Å². The van der Waals surface area contributed by atoms with Gasteiger partial charge in [-0.2, -0.15) is 0 Å². The Hall–Kier alpha value is -0.660. The zero-order chi connectivity index (χ0) is 14.1. The minimum absolute atomic E-state index is 0.00151. The summed E-state index contributed by atoms with van der Waals surface area (Å²) in [6.07, 6.45) is 2.10. The molecule has 0 aliphatic carbocycles. The van der Waals surface area contributed by atoms with Gasteiger partial charge in [0.25, 0.3) is 0 Å². The molecule has 0 saturated carbocycles. The Morgan fingerprint density at radius 1 is 1.42 bits per heavy atom. The molecule has 3 unspecified atom stereocenters. The van der Waals surface area contributed by atoms with Crippen LogP contribution in [0.5, 0.6) is 0 Å². The zero-order valence-electron chi connectivity index (χ0n) is 11.0. The van der Waals surface area contributed by atoms with Gasteiger partial charge < -0.3 is 14.6 Å². The number of hydrogen-bond donors (Lipinski definition) is 1. The first-order valence-corrected chi connectivity index (χ1v) is 8.30. The highest BCUT2D eigenvalue weighted by Gasteiger charge is 2.50. The summed E-state index contributed by atoms with van der Waals surface area (Å²) in [5.41, 5.74) is 0. The monoisotopic (exact) mass is 292 g/mol. The smallest absolute Gasteiger partial charge is 0.303 e. The molecule has 0 aromatic heterocycles. The molecule has 6 nitrogen and oxygen atoms in total. The van der Waals surface area contributed by atoms with E-state index in [0.29, 0.717) is 19.3 Å². The van der Waals surface area contributed by atoms with Gasteiger partial charge in [0.2, 0.25) is 0 Å². The first kappa shape index (κ1) is 14.7. The number of rotatable bonds is 4. The van der Waals surface area contributed by atoms with Crippen molar-refractivity contribution in [2.45, 2.75) is 56.2 Å². The molecule has 0 aromatic rings. The molecular formula is C12H20O6S. The van der Waals surface area contributed by atoms with Crippen molar-refractivity contribution in [1.82, 2.24) is 0 Å². The first-order valence-electron chi connectivity index (χ1n) is 6.59. The maximum absolute atomic E-state index is 12.1. The van der Waals surface area contributed by atoms with E-state index >= 15 is 0 Å². The number of aliphatic carboxylic acids is 1. The second kappa shape index (κ2) is 5.38. The highest BCUT2D eigenvalue weighted by Crippen LogP contribution is 2.37. The summed E-state index contributed by atoms with van der Waals surface area (Å²) in [7, 11) is -3.19. The number of carboxylic acid groups (broad SMARTS) is 1. The Labute approximate surface area is 113 Å². The third kappa shape index (κ3) is 3.27. The number of carboxylic acids is 1. The molecule has 2 saturated heterocycles. The minimum Gasteiger partial charge on any atom is -0.481 e. The van der Waals surface area contributed by atoms with Crippen LogP contribution in [-0.2, 0) is 24.1 Å². The molecule has 0 spiro atoms. The average Bonchev–Trinajstić information content (AvgIpc) is 2.69. The fourth-order valence-electron chi connectivity index (χ4n) is 2.80. The number of ether oxygens (including phenoxy) is 2. The second-order valence-corrected chi connectivity index (χ2v) is 7.65. The predicted octanol–water partition coefficient (Wildman–Crippen LogP) is 0.950. The van der Waals surface area contributed by atoms with Crippen LogP contribution < -0.4 is 0 Å². The van der Waals surface area contributed by atoms with Crippen molar-refractivity contribution in [2.24, 2.45) is 0 Å². The summed E-state index contributed by atoms with van der Waals surface area (Å²) in [4.78, 5) is 10.5. The van der Waals surface area contributed by atoms with Crippen LogP contribution in [0.4, 0.5) is 0 Å². The normalized spacial score (nSPS) is 38.2. The van der Waals surface area contributed by atoms with Gasteiger partial charge >= 0.3 is 5.97 Å². The van der Waals surface area contributed by atoms with Gasteiger partial charge in [0.05, 0.1) is 18.5 Å². The topological polar surface area (TPSA) is 89.9 Å². The Morgan fingerprint density at radius 2 is 2.16 bits per heavy atom. The summed E-state index contributed by atoms with van der Waals surface area (Å²) in [5.74, 6) is -1.83. The fraction of sp³-hybridized carbons (Fsp3) is 0.917. The van der Waals surface area contributed by atoms with E-state index in [4.69, 9.17) is 14.6 Å². The molecule has 19 heavy (non-hydrogen) atoms. The number of hydrogen-bond acceptors (Lipinski definition) is 5. The standard InChI is InChI=1S/C12H20O6S/c1-12(10-4-2-3-7-19(10,15)16)17-8-9(18-12)5-6-11(13)14/h9-10H,2-8H2,1H3,(H,13,14). The van der Waals surface area contributed by atoms with Gasteiger partial charge in [0, 0.05) is 6.42 Å². The molecule has 110 valence electrons. The summed E-state index contributed by atoms with van der Waals surface area (Å²) >= 11 is 0. The highest BCUT2D eigenvalue weighted by atomic mass is 32.2. The van der Waals surface area contributed by atoms with E-state index < -0.39 is 26.8 Å². The van der Waals surface area contributed by atoms with Crippen LogP contribution >= 0.6 is 0 Å². The molecule has 0 bridgehead atoms. The fourth-order valence-corrected chi connectivity index (χ4v) is 4.99. The van der Waals surface area contributed by atoms with Gasteiger partial charge in [-0.3, -0.25) is 4.79 Å². The quantitative estimate of drug-likeness (QED) is 0.829. The predicted molar refractivity (Wildman–Crippen MR) is 67.5 cm³/mol. The maximum Gasteiger partial charge on any atom is 0.303 e. The summed E-state index contributed by atoms with van der Waals surface area (Å²) < 4.78 is 35.5. The van der Waals surface area contributed by atoms with Gasteiger partial charge in [-0.05, 0) is 26.2 Å². The van der Waals surface area contributed by atoms with E-state index in [9.17, 15) is 13.2 Å². The minimum atomic E-state index is -3.19. The van der Waals surface area contributed by atoms with Crippen LogP contribution in [0.2, 0.25) is 0 Å². The van der Waals surface area contributed by atoms with Crippen molar-refractivity contribution in [3.8, 4) is 0 Å². The van der Waals surface area contributed by atoms with Gasteiger partial charge in [-0.15, -0.1) is 0 Å². The van der Waals surface area contributed by atoms with E-state index in [1.165, 1.54) is 0 Å². The molecule has 0 amide bonds. The van der Waals surface area contributed by atoms with Crippen LogP contribution in [0, 0.1) is 0 Å². The maximum atomic E-state index is 12.1. The SMILES string of the molecule is CC1(C2CCCCS2(=O)=O)OCC(CCC(=O)O)O1. The summed E-state index contributed by atoms with van der Waals surface area (Å²) in [5, 5.41) is 8.01. The lowest BCUT2D eigenvalue weighted by atomic mass is 10.1. The molecule has 7 heteroatoms. The Morgan fingerprint density at radius 3 is 2.79 bits per heavy atom. The number of sulfone groups is 1. The lowest BCUT2D eigenvalue weighted by molar-refractivity contribution is -0.158. The Balaban J connectivity index is 2.02. The van der Waals surface area contributed by atoms with Crippen molar-refractivity contribution < 1.29 is 27.8 Å². The van der Waals surface area contributed by atoms with E-state index in [1.807, 2.05) is 0 Å². The number of carbonyl (C=O) groups is 1. The third-order valence-electron chi connectivity index (χ3n) is 3.80. The van der Waals surface area contributed by atoms with Crippen molar-refractivity contribution in [3.05, 3.63) is 0 Å². The van der Waals surface area contributed by atoms with Gasteiger partial charge in [0.1, 0.15) is 5.25 Å². The first-order chi connectivity index (χ1) is 8.83. The molecule has 0 radical (unpaired) electrons. The van der Waals surface area contributed by atoms with E-state index in [-0.39, 0.29) is 24.9 Å². The van der Waals surface area contributed by atoms with Crippen molar-refractivity contribution >= 4 is 15.8 Å². The van der Waals surface area contributed by atoms with Crippen LogP contribution in [0.25, 0.3) is 0 Å². The van der Waals surface area contributed by atoms with E-state index in [0.717, 1.165) is 6.42 Å². The van der Waals surface area contributed by atoms with Crippen molar-refractivity contribution in [3.63, 3.8) is 0 Å². The van der Waals surface area contributed by atoms with Gasteiger partial charge in [-0.1, -0.05) is 6.42 Å². The van der Waals surface area contributed by atoms with Gasteiger partial charge in [0.15, 0.2) is 15.6 Å². The molecule has 2 aliphatic rings. The van der Waals surface area contributed by atoms with Crippen LogP contribution in [0.15, 0.2) is 0 Å². The van der Waals surface area contributed by atoms with E-state index in [2.05, 4.69) is 0 Å². The molecule has 0 aromatic carbocycles. The Kier molecular flexibility index (Phi) is 4.17. The molecular weight excluding hydrogens is 272 g/mol. The summed E-state index contributed by atoms with van der Waals surface area (Å²) in [6.45, 7) is 1.91. The molecule has 2 fully saturated rings. The molecule has 3 atom stereocenters. The van der Waals surface area contributed by atoms with Crippen molar-refractivity contribution in [2.75, 3.05) is 12.4 Å². The molecule has 2 heterocycles. The zero-order valence-corrected chi connectivity index (χ0v) is 11.8. The highest BCUT2D eigenvalue weighted by molar-refractivity contribution is 7.92. The largest absolute Gasteiger partial charge is 0.481 e. The summed E-state index contributed by atoms with van der Waals surface area (Å²) in [6, 6.07) is 0. The second-order valence-electron chi connectivity index (χ2n) is 5.35. The molecule has 2 rings (SSSR count). The van der Waals surface area contributed by atoms with Gasteiger partial charge in [-0.25, -0.2) is 8.42 Å². The van der Waals surface area contributed by atoms with Crippen LogP contribution in [0.1, 0.15) is 39.0 Å². The molecule has 2 aliphatic heterocycles. The Bertz CT molecular complexity index is 445. The lowest BCUT2D eigenvalue weighted by Gasteiger charge is -2.34. The van der Waals surface area contributed by atoms with Crippen LogP contribution in [-0.4, -0.2) is 49.0 Å². The van der Waals surface area contributed by atoms with E-state index in [1.54, 1.807) is 6.92 Å². The average molecular weight is 292 g/mol. The third-order valence-corrected chi connectivity index (χ3v) is 6.19.